The van der Waals surface area contributed by atoms with E-state index in [0.29, 0.717) is 28.9 Å². The van der Waals surface area contributed by atoms with Gasteiger partial charge in [-0.15, -0.1) is 11.3 Å². The molecule has 3 aromatic rings. The maximum atomic E-state index is 6.47. The summed E-state index contributed by atoms with van der Waals surface area (Å²) < 4.78 is 11.1. The largest absolute Gasteiger partial charge is 0.495 e. The Morgan fingerprint density at radius 3 is 2.68 bits per heavy atom. The molecule has 0 unspecified atom stereocenters. The molecule has 5 nitrogen and oxygen atoms in total. The van der Waals surface area contributed by atoms with Gasteiger partial charge in [-0.2, -0.15) is 0 Å². The minimum Gasteiger partial charge on any atom is -0.495 e. The van der Waals surface area contributed by atoms with Gasteiger partial charge < -0.3 is 14.8 Å². The van der Waals surface area contributed by atoms with Gasteiger partial charge in [0.1, 0.15) is 22.2 Å². The zero-order chi connectivity index (χ0) is 18.0. The van der Waals surface area contributed by atoms with Crippen LogP contribution in [0.1, 0.15) is 20.8 Å². The van der Waals surface area contributed by atoms with E-state index < -0.39 is 0 Å². The van der Waals surface area contributed by atoms with E-state index in [-0.39, 0.29) is 0 Å². The van der Waals surface area contributed by atoms with E-state index in [9.17, 15) is 0 Å². The van der Waals surface area contributed by atoms with Crippen molar-refractivity contribution in [1.82, 2.24) is 9.97 Å². The molecule has 2 aromatic heterocycles. The van der Waals surface area contributed by atoms with Gasteiger partial charge in [0.05, 0.1) is 24.9 Å². The Balaban J connectivity index is 2.14. The van der Waals surface area contributed by atoms with E-state index in [4.69, 9.17) is 26.1 Å². The van der Waals surface area contributed by atoms with Crippen LogP contribution in [0.3, 0.4) is 0 Å². The van der Waals surface area contributed by atoms with Crippen LogP contribution in [0, 0.1) is 0 Å². The fourth-order valence-corrected chi connectivity index (χ4v) is 3.61. The standard InChI is InChI=1S/C18H20ClN3O2S/c1-5-24-15-8-12(13-9-25-18(22-13)20-10(2)3)21-17-11(15)6-7-14(23-4)16(17)19/h6-10H,5H2,1-4H3,(H,20,22). The Morgan fingerprint density at radius 1 is 1.20 bits per heavy atom. The number of hydrogen-bond donors (Lipinski definition) is 1. The number of halogens is 1. The van der Waals surface area contributed by atoms with Crippen molar-refractivity contribution in [3.63, 3.8) is 0 Å². The highest BCUT2D eigenvalue weighted by Crippen LogP contribution is 2.38. The van der Waals surface area contributed by atoms with Gasteiger partial charge >= 0.3 is 0 Å². The molecule has 132 valence electrons. The third-order valence-corrected chi connectivity index (χ3v) is 4.68. The van der Waals surface area contributed by atoms with Crippen LogP contribution in [-0.2, 0) is 0 Å². The monoisotopic (exact) mass is 377 g/mol. The SMILES string of the molecule is CCOc1cc(-c2csc(NC(C)C)n2)nc2c(Cl)c(OC)ccc12. The van der Waals surface area contributed by atoms with E-state index in [0.717, 1.165) is 27.7 Å². The van der Waals surface area contributed by atoms with Crippen molar-refractivity contribution < 1.29 is 9.47 Å². The summed E-state index contributed by atoms with van der Waals surface area (Å²) in [5.41, 5.74) is 2.15. The highest BCUT2D eigenvalue weighted by Gasteiger charge is 2.16. The van der Waals surface area contributed by atoms with Crippen molar-refractivity contribution in [1.29, 1.82) is 0 Å². The summed E-state index contributed by atoms with van der Waals surface area (Å²) in [5.74, 6) is 1.32. The number of nitrogens with one attached hydrogen (secondary N) is 1. The van der Waals surface area contributed by atoms with Crippen LogP contribution in [0.15, 0.2) is 23.6 Å². The molecule has 0 aliphatic rings. The number of anilines is 1. The number of aromatic nitrogens is 2. The molecule has 0 amide bonds. The first-order valence-electron chi connectivity index (χ1n) is 8.06. The summed E-state index contributed by atoms with van der Waals surface area (Å²) in [6, 6.07) is 5.96. The molecule has 0 bridgehead atoms. The summed E-state index contributed by atoms with van der Waals surface area (Å²) in [5, 5.41) is 7.47. The predicted octanol–water partition coefficient (Wildman–Crippen LogP) is 5.24. The van der Waals surface area contributed by atoms with Gasteiger partial charge in [-0.05, 0) is 32.9 Å². The number of pyridine rings is 1. The van der Waals surface area contributed by atoms with E-state index in [1.807, 2.05) is 30.5 Å². The highest BCUT2D eigenvalue weighted by atomic mass is 35.5. The molecule has 0 atom stereocenters. The van der Waals surface area contributed by atoms with Crippen molar-refractivity contribution in [2.45, 2.75) is 26.8 Å². The van der Waals surface area contributed by atoms with E-state index in [1.165, 1.54) is 0 Å². The smallest absolute Gasteiger partial charge is 0.183 e. The summed E-state index contributed by atoms with van der Waals surface area (Å²) in [7, 11) is 1.59. The molecule has 1 aromatic carbocycles. The number of ether oxygens (including phenoxy) is 2. The number of hydrogen-bond acceptors (Lipinski definition) is 6. The quantitative estimate of drug-likeness (QED) is 0.636. The molecular formula is C18H20ClN3O2S. The maximum Gasteiger partial charge on any atom is 0.183 e. The Bertz CT molecular complexity index is 895. The van der Waals surface area contributed by atoms with Crippen LogP contribution in [0.25, 0.3) is 22.3 Å². The van der Waals surface area contributed by atoms with E-state index in [2.05, 4.69) is 24.1 Å². The second kappa shape index (κ2) is 7.45. The lowest BCUT2D eigenvalue weighted by Gasteiger charge is -2.12. The number of benzene rings is 1. The first-order valence-corrected chi connectivity index (χ1v) is 9.31. The molecule has 0 radical (unpaired) electrons. The van der Waals surface area contributed by atoms with Crippen LogP contribution in [0.4, 0.5) is 5.13 Å². The number of methoxy groups -OCH3 is 1. The van der Waals surface area contributed by atoms with Gasteiger partial charge in [-0.25, -0.2) is 9.97 Å². The molecule has 0 spiro atoms. The topological polar surface area (TPSA) is 56.3 Å². The molecule has 7 heteroatoms. The van der Waals surface area contributed by atoms with Crippen LogP contribution in [-0.4, -0.2) is 29.7 Å². The van der Waals surface area contributed by atoms with E-state index >= 15 is 0 Å². The molecule has 2 heterocycles. The summed E-state index contributed by atoms with van der Waals surface area (Å²) in [6.45, 7) is 6.66. The third kappa shape index (κ3) is 3.65. The van der Waals surface area contributed by atoms with Gasteiger partial charge in [-0.3, -0.25) is 0 Å². The summed E-state index contributed by atoms with van der Waals surface area (Å²) in [4.78, 5) is 9.33. The predicted molar refractivity (Wildman–Crippen MR) is 104 cm³/mol. The lowest BCUT2D eigenvalue weighted by Crippen LogP contribution is -2.09. The molecule has 0 aliphatic carbocycles. The second-order valence-corrected chi connectivity index (χ2v) is 6.99. The minimum atomic E-state index is 0.321. The lowest BCUT2D eigenvalue weighted by atomic mass is 10.1. The number of fused-ring (bicyclic) bond motifs is 1. The van der Waals surface area contributed by atoms with Crippen LogP contribution < -0.4 is 14.8 Å². The van der Waals surface area contributed by atoms with Crippen LogP contribution in [0.5, 0.6) is 11.5 Å². The summed E-state index contributed by atoms with van der Waals surface area (Å²) >= 11 is 8.02. The zero-order valence-electron chi connectivity index (χ0n) is 14.6. The fourth-order valence-electron chi connectivity index (χ4n) is 2.48. The van der Waals surface area contributed by atoms with Gasteiger partial charge in [-0.1, -0.05) is 11.6 Å². The van der Waals surface area contributed by atoms with Gasteiger partial charge in [0, 0.05) is 22.9 Å². The highest BCUT2D eigenvalue weighted by molar-refractivity contribution is 7.14. The first-order chi connectivity index (χ1) is 12.0. The van der Waals surface area contributed by atoms with E-state index in [1.54, 1.807) is 18.4 Å². The van der Waals surface area contributed by atoms with Gasteiger partial charge in [0.2, 0.25) is 0 Å². The number of thiazole rings is 1. The van der Waals surface area contributed by atoms with Gasteiger partial charge in [0.25, 0.3) is 0 Å². The second-order valence-electron chi connectivity index (χ2n) is 5.75. The van der Waals surface area contributed by atoms with Crippen molar-refractivity contribution in [3.8, 4) is 22.9 Å². The lowest BCUT2D eigenvalue weighted by molar-refractivity contribution is 0.344. The molecule has 0 saturated heterocycles. The molecule has 0 saturated carbocycles. The summed E-state index contributed by atoms with van der Waals surface area (Å²) in [6.07, 6.45) is 0. The molecule has 0 aliphatic heterocycles. The Morgan fingerprint density at radius 2 is 2.00 bits per heavy atom. The Labute approximate surface area is 156 Å². The van der Waals surface area contributed by atoms with Crippen molar-refractivity contribution in [3.05, 3.63) is 28.6 Å². The average molecular weight is 378 g/mol. The van der Waals surface area contributed by atoms with Crippen molar-refractivity contribution >= 4 is 39.0 Å². The van der Waals surface area contributed by atoms with Crippen LogP contribution in [0.2, 0.25) is 5.02 Å². The third-order valence-electron chi connectivity index (χ3n) is 3.54. The van der Waals surface area contributed by atoms with Crippen molar-refractivity contribution in [2.24, 2.45) is 0 Å². The normalized spacial score (nSPS) is 11.1. The average Bonchev–Trinajstić information content (AvgIpc) is 3.03. The molecule has 25 heavy (non-hydrogen) atoms. The van der Waals surface area contributed by atoms with Crippen LogP contribution >= 0.6 is 22.9 Å². The number of rotatable bonds is 6. The fraction of sp³-hybridized carbons (Fsp3) is 0.333. The Kier molecular flexibility index (Phi) is 5.30. The first kappa shape index (κ1) is 17.8. The number of nitrogens with zero attached hydrogens (tertiary/aromatic N) is 2. The Hall–Kier alpha value is -2.05. The maximum absolute atomic E-state index is 6.47. The molecule has 3 rings (SSSR count). The van der Waals surface area contributed by atoms with Crippen molar-refractivity contribution in [2.75, 3.05) is 19.0 Å². The van der Waals surface area contributed by atoms with Gasteiger partial charge in [0.15, 0.2) is 5.13 Å². The minimum absolute atomic E-state index is 0.321. The molecule has 0 fully saturated rings. The molecule has 1 N–H and O–H groups in total. The molecular weight excluding hydrogens is 358 g/mol. The zero-order valence-corrected chi connectivity index (χ0v) is 16.2.